The van der Waals surface area contributed by atoms with Crippen LogP contribution in [0, 0.1) is 0 Å². The SMILES string of the molecule is NC(/C=C(\Nn1c2ccccc2c2cc(-c3ccc4c(c3)c3ccccc3n4-c3ccc4c(c3)c3ccccc3n4-c3ccccc3)ccc21)c1ccccc1)c1ccccc1. The monoisotopic (exact) mass is 795 g/mol. The van der Waals surface area contributed by atoms with Crippen molar-refractivity contribution in [2.24, 2.45) is 5.73 Å². The molecule has 62 heavy (non-hydrogen) atoms. The molecule has 0 radical (unpaired) electrons. The number of nitrogens with zero attached hydrogens (tertiary/aromatic N) is 3. The molecule has 3 N–H and O–H groups in total. The van der Waals surface area contributed by atoms with E-state index in [1.165, 1.54) is 65.5 Å². The summed E-state index contributed by atoms with van der Waals surface area (Å²) in [5, 5.41) is 7.28. The Morgan fingerprint density at radius 2 is 0.823 bits per heavy atom. The van der Waals surface area contributed by atoms with Gasteiger partial charge in [-0.1, -0.05) is 146 Å². The average molecular weight is 796 g/mol. The number of nitrogens with one attached hydrogen (secondary N) is 1. The molecule has 0 bridgehead atoms. The van der Waals surface area contributed by atoms with Crippen LogP contribution in [-0.4, -0.2) is 13.8 Å². The summed E-state index contributed by atoms with van der Waals surface area (Å²) in [4.78, 5) is 0. The number of benzene rings is 9. The van der Waals surface area contributed by atoms with Gasteiger partial charge in [-0.25, -0.2) is 0 Å². The Hall–Kier alpha value is -8.12. The molecule has 0 aliphatic rings. The standard InChI is InChI=1S/C57H41N5/c58-50(38-16-4-1-5-17-38)37-51(39-18-6-2-7-19-39)59-62-56-27-15-12-24-46(56)48-35-41(29-32-57(48)62)40-28-31-54-47(34-40)44-22-10-14-26-53(44)61(54)43-30-33-55-49(36-43)45-23-11-13-25-52(45)60(55)42-20-8-3-9-21-42/h1-37,50,59H,58H2/b51-37-. The second kappa shape index (κ2) is 14.6. The lowest BCUT2D eigenvalue weighted by Gasteiger charge is -2.18. The van der Waals surface area contributed by atoms with Gasteiger partial charge in [0.05, 0.1) is 44.8 Å². The van der Waals surface area contributed by atoms with Crippen LogP contribution < -0.4 is 11.2 Å². The number of rotatable bonds is 8. The van der Waals surface area contributed by atoms with E-state index in [-0.39, 0.29) is 6.04 Å². The summed E-state index contributed by atoms with van der Waals surface area (Å²) in [5.41, 5.74) is 25.3. The minimum absolute atomic E-state index is 0.288. The Kier molecular flexibility index (Phi) is 8.40. The zero-order chi connectivity index (χ0) is 41.1. The lowest BCUT2D eigenvalue weighted by molar-refractivity contribution is 0.907. The van der Waals surface area contributed by atoms with Crippen molar-refractivity contribution in [3.8, 4) is 22.5 Å². The summed E-state index contributed by atoms with van der Waals surface area (Å²) in [6.07, 6.45) is 2.12. The first-order valence-corrected chi connectivity index (χ1v) is 21.2. The molecule has 5 nitrogen and oxygen atoms in total. The van der Waals surface area contributed by atoms with Gasteiger partial charge >= 0.3 is 0 Å². The smallest absolute Gasteiger partial charge is 0.0710 e. The molecule has 0 saturated heterocycles. The van der Waals surface area contributed by atoms with Crippen LogP contribution in [0.2, 0.25) is 0 Å². The first kappa shape index (κ1) is 35.8. The largest absolute Gasteiger partial charge is 0.321 e. The minimum atomic E-state index is -0.288. The van der Waals surface area contributed by atoms with Crippen LogP contribution in [0.15, 0.2) is 224 Å². The highest BCUT2D eigenvalue weighted by Crippen LogP contribution is 2.39. The number of hydrogen-bond donors (Lipinski definition) is 2. The maximum Gasteiger partial charge on any atom is 0.0710 e. The predicted molar refractivity (Wildman–Crippen MR) is 261 cm³/mol. The van der Waals surface area contributed by atoms with E-state index in [1.54, 1.807) is 0 Å². The molecule has 5 heteroatoms. The Morgan fingerprint density at radius 1 is 0.387 bits per heavy atom. The Labute approximate surface area is 358 Å². The quantitative estimate of drug-likeness (QED) is 0.161. The highest BCUT2D eigenvalue weighted by Gasteiger charge is 2.19. The molecule has 1 unspecified atom stereocenters. The molecule has 3 aromatic heterocycles. The number of para-hydroxylation sites is 4. The average Bonchev–Trinajstić information content (AvgIpc) is 3.97. The van der Waals surface area contributed by atoms with Gasteiger partial charge in [-0.05, 0) is 101 Å². The zero-order valence-corrected chi connectivity index (χ0v) is 33.9. The number of fused-ring (bicyclic) bond motifs is 9. The van der Waals surface area contributed by atoms with Crippen LogP contribution in [0.5, 0.6) is 0 Å². The predicted octanol–water partition coefficient (Wildman–Crippen LogP) is 13.9. The summed E-state index contributed by atoms with van der Waals surface area (Å²) in [6.45, 7) is 0. The van der Waals surface area contributed by atoms with Gasteiger partial charge in [0.2, 0.25) is 0 Å². The van der Waals surface area contributed by atoms with E-state index >= 15 is 0 Å². The lowest BCUT2D eigenvalue weighted by atomic mass is 10.0. The van der Waals surface area contributed by atoms with Gasteiger partial charge in [0.15, 0.2) is 0 Å². The third-order valence-electron chi connectivity index (χ3n) is 12.5. The van der Waals surface area contributed by atoms with Gasteiger partial charge in [0.25, 0.3) is 0 Å². The number of hydrogen-bond acceptors (Lipinski definition) is 2. The van der Waals surface area contributed by atoms with Crippen LogP contribution in [0.3, 0.4) is 0 Å². The van der Waals surface area contributed by atoms with Gasteiger partial charge in [0.1, 0.15) is 0 Å². The number of aromatic nitrogens is 3. The molecule has 0 aliphatic heterocycles. The second-order valence-electron chi connectivity index (χ2n) is 16.1. The highest BCUT2D eigenvalue weighted by molar-refractivity contribution is 6.14. The van der Waals surface area contributed by atoms with Crippen molar-refractivity contribution in [3.05, 3.63) is 236 Å². The molecule has 1 atom stereocenters. The van der Waals surface area contributed by atoms with E-state index in [0.29, 0.717) is 0 Å². The van der Waals surface area contributed by atoms with E-state index in [9.17, 15) is 0 Å². The molecule has 294 valence electrons. The molecule has 0 aliphatic carbocycles. The van der Waals surface area contributed by atoms with Crippen molar-refractivity contribution in [1.82, 2.24) is 13.8 Å². The van der Waals surface area contributed by atoms with Crippen molar-refractivity contribution in [3.63, 3.8) is 0 Å². The highest BCUT2D eigenvalue weighted by atomic mass is 15.4. The Bertz CT molecular complexity index is 3670. The van der Waals surface area contributed by atoms with Gasteiger partial charge in [-0.2, -0.15) is 0 Å². The van der Waals surface area contributed by atoms with Crippen LogP contribution in [0.4, 0.5) is 0 Å². The molecule has 0 saturated carbocycles. The number of nitrogens with two attached hydrogens (primary N) is 1. The first-order chi connectivity index (χ1) is 30.7. The fourth-order valence-electron chi connectivity index (χ4n) is 9.55. The minimum Gasteiger partial charge on any atom is -0.321 e. The zero-order valence-electron chi connectivity index (χ0n) is 33.9. The van der Waals surface area contributed by atoms with Crippen molar-refractivity contribution in [2.75, 3.05) is 5.43 Å². The lowest BCUT2D eigenvalue weighted by Crippen LogP contribution is -2.16. The van der Waals surface area contributed by atoms with Crippen molar-refractivity contribution in [1.29, 1.82) is 0 Å². The fraction of sp³-hybridized carbons (Fsp3) is 0.0175. The summed E-state index contributed by atoms with van der Waals surface area (Å²) in [5.74, 6) is 0. The summed E-state index contributed by atoms with van der Waals surface area (Å²) >= 11 is 0. The summed E-state index contributed by atoms with van der Waals surface area (Å²) in [6, 6.07) is 77.8. The first-order valence-electron chi connectivity index (χ1n) is 21.2. The molecule has 9 aromatic carbocycles. The van der Waals surface area contributed by atoms with E-state index in [2.05, 4.69) is 219 Å². The normalized spacial score (nSPS) is 12.6. The Morgan fingerprint density at radius 3 is 1.47 bits per heavy atom. The third kappa shape index (κ3) is 5.82. The maximum absolute atomic E-state index is 6.82. The summed E-state index contributed by atoms with van der Waals surface area (Å²) < 4.78 is 7.00. The molecule has 12 aromatic rings. The van der Waals surface area contributed by atoms with E-state index in [0.717, 1.165) is 39.2 Å². The van der Waals surface area contributed by atoms with E-state index < -0.39 is 0 Å². The molecular weight excluding hydrogens is 755 g/mol. The topological polar surface area (TPSA) is 52.8 Å². The fourth-order valence-corrected chi connectivity index (χ4v) is 9.55. The van der Waals surface area contributed by atoms with Gasteiger partial charge in [-0.3, -0.25) is 10.1 Å². The van der Waals surface area contributed by atoms with Crippen LogP contribution in [-0.2, 0) is 0 Å². The van der Waals surface area contributed by atoms with Gasteiger partial charge in [0, 0.05) is 43.7 Å². The van der Waals surface area contributed by atoms with Crippen LogP contribution in [0.25, 0.3) is 93.6 Å². The molecule has 12 rings (SSSR count). The molecule has 0 spiro atoms. The third-order valence-corrected chi connectivity index (χ3v) is 12.5. The summed E-state index contributed by atoms with van der Waals surface area (Å²) in [7, 11) is 0. The molecule has 0 amide bonds. The van der Waals surface area contributed by atoms with Crippen LogP contribution >= 0.6 is 0 Å². The van der Waals surface area contributed by atoms with Crippen molar-refractivity contribution >= 4 is 71.1 Å². The second-order valence-corrected chi connectivity index (χ2v) is 16.1. The van der Waals surface area contributed by atoms with E-state index in [1.807, 2.05) is 24.3 Å². The van der Waals surface area contributed by atoms with Crippen molar-refractivity contribution < 1.29 is 0 Å². The molecule has 0 fully saturated rings. The van der Waals surface area contributed by atoms with Gasteiger partial charge < -0.3 is 14.9 Å². The van der Waals surface area contributed by atoms with Crippen molar-refractivity contribution in [2.45, 2.75) is 6.04 Å². The van der Waals surface area contributed by atoms with E-state index in [4.69, 9.17) is 5.73 Å². The molecular formula is C57H41N5. The Balaban J connectivity index is 0.976. The maximum atomic E-state index is 6.82. The molecule has 3 heterocycles. The van der Waals surface area contributed by atoms with Gasteiger partial charge in [-0.15, -0.1) is 0 Å². The van der Waals surface area contributed by atoms with Crippen LogP contribution in [0.1, 0.15) is 17.2 Å².